The lowest BCUT2D eigenvalue weighted by Crippen LogP contribution is -3.00. The van der Waals surface area contributed by atoms with Crippen LogP contribution in [0, 0.1) is 12.5 Å². The molecule has 40 heavy (non-hydrogen) atoms. The summed E-state index contributed by atoms with van der Waals surface area (Å²) in [4.78, 5) is 22.0. The maximum atomic E-state index is 13.6. The lowest BCUT2D eigenvalue weighted by molar-refractivity contribution is -0.958. The highest BCUT2D eigenvalue weighted by Crippen LogP contribution is 2.38. The number of nitrogens with one attached hydrogen (secondary N) is 1. The van der Waals surface area contributed by atoms with Gasteiger partial charge in [-0.2, -0.15) is 0 Å². The number of rotatable bonds is 8. The Morgan fingerprint density at radius 3 is 2.42 bits per heavy atom. The normalized spacial score (nSPS) is 22.0. The lowest BCUT2D eigenvalue weighted by atomic mass is 9.83. The van der Waals surface area contributed by atoms with E-state index in [1.54, 1.807) is 12.3 Å². The lowest BCUT2D eigenvalue weighted by Gasteiger charge is -2.51. The van der Waals surface area contributed by atoms with Crippen LogP contribution in [-0.2, 0) is 16.1 Å². The number of quaternary nitrogens is 1. The van der Waals surface area contributed by atoms with Crippen molar-refractivity contribution in [2.24, 2.45) is 5.92 Å². The van der Waals surface area contributed by atoms with Gasteiger partial charge < -0.3 is 31.4 Å². The molecule has 2 bridgehead atoms. The number of ether oxygens (including phenoxy) is 1. The first kappa shape index (κ1) is 27.4. The largest absolute Gasteiger partial charge is 1.00 e. The zero-order valence-electron chi connectivity index (χ0n) is 22.1. The average molecular weight is 555 g/mol. The van der Waals surface area contributed by atoms with Gasteiger partial charge in [0.15, 0.2) is 17.8 Å². The molecule has 7 rings (SSSR count). The Morgan fingerprint density at radius 2 is 1.70 bits per heavy atom. The molecular formula is C32H31ClN4O3. The zero-order chi connectivity index (χ0) is 26.7. The second kappa shape index (κ2) is 12.0. The van der Waals surface area contributed by atoms with Crippen LogP contribution in [0.4, 0.5) is 11.4 Å². The third-order valence-electron chi connectivity index (χ3n) is 8.07. The predicted octanol–water partition coefficient (Wildman–Crippen LogP) is 3.40. The van der Waals surface area contributed by atoms with E-state index < -0.39 is 6.04 Å². The van der Waals surface area contributed by atoms with Crippen LogP contribution in [0.25, 0.3) is 16.3 Å². The van der Waals surface area contributed by atoms with Gasteiger partial charge in [0, 0.05) is 30.0 Å². The summed E-state index contributed by atoms with van der Waals surface area (Å²) >= 11 is 0. The van der Waals surface area contributed by atoms with Crippen molar-refractivity contribution in [3.8, 4) is 11.5 Å². The minimum atomic E-state index is -0.585. The maximum absolute atomic E-state index is 13.6. The zero-order valence-corrected chi connectivity index (χ0v) is 22.8. The fraction of sp³-hybridized carbons (Fsp3) is 0.281. The molecule has 3 aliphatic heterocycles. The quantitative estimate of drug-likeness (QED) is 0.205. The van der Waals surface area contributed by atoms with Gasteiger partial charge in [-0.3, -0.25) is 0 Å². The molecule has 0 saturated carbocycles. The van der Waals surface area contributed by atoms with E-state index in [2.05, 4.69) is 10.2 Å². The number of piperidine rings is 3. The number of carbonyl (C=O) groups excluding carboxylic acids is 1. The second-order valence-electron chi connectivity index (χ2n) is 10.6. The van der Waals surface area contributed by atoms with E-state index in [1.165, 1.54) is 0 Å². The Kier molecular flexibility index (Phi) is 8.20. The van der Waals surface area contributed by atoms with Crippen LogP contribution in [0.2, 0.25) is 0 Å². The van der Waals surface area contributed by atoms with Crippen LogP contribution in [-0.4, -0.2) is 41.2 Å². The van der Waals surface area contributed by atoms with Crippen molar-refractivity contribution in [2.75, 3.05) is 25.0 Å². The molecule has 3 aliphatic rings. The highest BCUT2D eigenvalue weighted by atomic mass is 35.5. The molecule has 2 atom stereocenters. The second-order valence-corrected chi connectivity index (χ2v) is 10.6. The van der Waals surface area contributed by atoms with E-state index in [0.29, 0.717) is 23.1 Å². The SMILES string of the molecule is [C-]#[N+]c1ccccc1-c1nc(C[N+]23CCC(CC2)[C@@H](OC(=O)[C@H](Nc2ccccc2)c2ccccc2)C3)co1.[Cl-]. The molecule has 7 nitrogen and oxygen atoms in total. The van der Waals surface area contributed by atoms with Crippen LogP contribution in [0.3, 0.4) is 0 Å². The third-order valence-corrected chi connectivity index (χ3v) is 8.07. The molecule has 1 aromatic heterocycles. The molecule has 8 heteroatoms. The number of fused-ring (bicyclic) bond motifs is 3. The molecule has 0 spiro atoms. The molecule has 0 amide bonds. The number of hydrogen-bond donors (Lipinski definition) is 1. The van der Waals surface area contributed by atoms with Crippen LogP contribution >= 0.6 is 0 Å². The number of anilines is 1. The summed E-state index contributed by atoms with van der Waals surface area (Å²) < 4.78 is 12.9. The van der Waals surface area contributed by atoms with Gasteiger partial charge in [0.1, 0.15) is 25.0 Å². The molecule has 0 unspecified atom stereocenters. The van der Waals surface area contributed by atoms with Crippen molar-refractivity contribution < 1.29 is 30.8 Å². The monoisotopic (exact) mass is 554 g/mol. The van der Waals surface area contributed by atoms with Crippen molar-refractivity contribution in [3.63, 3.8) is 0 Å². The van der Waals surface area contributed by atoms with Crippen molar-refractivity contribution in [1.82, 2.24) is 4.98 Å². The van der Waals surface area contributed by atoms with Gasteiger partial charge in [0.05, 0.1) is 19.7 Å². The Balaban J connectivity index is 0.00000323. The van der Waals surface area contributed by atoms with Gasteiger partial charge in [-0.1, -0.05) is 72.8 Å². The number of para-hydroxylation sites is 2. The fourth-order valence-corrected chi connectivity index (χ4v) is 6.02. The molecular weight excluding hydrogens is 524 g/mol. The minimum absolute atomic E-state index is 0. The van der Waals surface area contributed by atoms with Gasteiger partial charge in [-0.05, 0) is 17.7 Å². The van der Waals surface area contributed by atoms with E-state index in [1.807, 2.05) is 78.9 Å². The van der Waals surface area contributed by atoms with E-state index in [-0.39, 0.29) is 24.5 Å². The van der Waals surface area contributed by atoms with Crippen molar-refractivity contribution in [3.05, 3.63) is 114 Å². The minimum Gasteiger partial charge on any atom is -1.00 e. The topological polar surface area (TPSA) is 68.7 Å². The van der Waals surface area contributed by atoms with Gasteiger partial charge in [-0.15, -0.1) is 0 Å². The van der Waals surface area contributed by atoms with E-state index in [0.717, 1.165) is 60.4 Å². The highest BCUT2D eigenvalue weighted by Gasteiger charge is 2.48. The Morgan fingerprint density at radius 1 is 1.02 bits per heavy atom. The van der Waals surface area contributed by atoms with Crippen LogP contribution in [0.5, 0.6) is 0 Å². The molecule has 0 aliphatic carbocycles. The molecule has 4 aromatic rings. The molecule has 3 fully saturated rings. The van der Waals surface area contributed by atoms with Crippen LogP contribution < -0.4 is 17.7 Å². The molecule has 204 valence electrons. The van der Waals surface area contributed by atoms with Gasteiger partial charge in [0.25, 0.3) is 0 Å². The fourth-order valence-electron chi connectivity index (χ4n) is 6.02. The Hall–Kier alpha value is -4.12. The molecule has 4 heterocycles. The molecule has 3 aromatic carbocycles. The predicted molar refractivity (Wildman–Crippen MR) is 149 cm³/mol. The van der Waals surface area contributed by atoms with Gasteiger partial charge >= 0.3 is 5.97 Å². The number of carbonyl (C=O) groups is 1. The van der Waals surface area contributed by atoms with Gasteiger partial charge in [0.2, 0.25) is 5.89 Å². The molecule has 0 radical (unpaired) electrons. The highest BCUT2D eigenvalue weighted by molar-refractivity contribution is 5.81. The number of oxazole rings is 1. The first-order chi connectivity index (χ1) is 19.1. The Bertz CT molecular complexity index is 1480. The standard InChI is InChI=1S/C32H31N4O3.ClH/c1-33-28-15-9-8-14-27(28)31-35-26(22-38-31)20-36-18-16-23(17-19-36)29(21-36)39-32(37)30(24-10-4-2-5-11-24)34-25-12-6-3-7-13-25;/h2-15,22-23,29-30,34H,16-21H2;1H/q+1;/p-1/t23?,29-,30+,36?;/m0./s1. The van der Waals surface area contributed by atoms with Crippen molar-refractivity contribution >= 4 is 17.3 Å². The van der Waals surface area contributed by atoms with E-state index in [4.69, 9.17) is 20.7 Å². The summed E-state index contributed by atoms with van der Waals surface area (Å²) in [5.74, 6) is 0.601. The summed E-state index contributed by atoms with van der Waals surface area (Å²) in [6.07, 6.45) is 3.61. The van der Waals surface area contributed by atoms with Crippen LogP contribution in [0.15, 0.2) is 95.6 Å². The summed E-state index contributed by atoms with van der Waals surface area (Å²) in [5, 5.41) is 3.38. The number of nitrogens with zero attached hydrogens (tertiary/aromatic N) is 3. The number of benzene rings is 3. The van der Waals surface area contributed by atoms with E-state index in [9.17, 15) is 4.79 Å². The first-order valence-corrected chi connectivity index (χ1v) is 13.5. The van der Waals surface area contributed by atoms with Crippen LogP contribution in [0.1, 0.15) is 30.1 Å². The summed E-state index contributed by atoms with van der Waals surface area (Å²) in [5.41, 5.74) is 3.86. The van der Waals surface area contributed by atoms with E-state index >= 15 is 0 Å². The number of esters is 1. The summed E-state index contributed by atoms with van der Waals surface area (Å²) in [6, 6.07) is 26.3. The summed E-state index contributed by atoms with van der Waals surface area (Å²) in [6.45, 7) is 11.0. The average Bonchev–Trinajstić information content (AvgIpc) is 3.45. The third kappa shape index (κ3) is 5.74. The number of hydrogen-bond acceptors (Lipinski definition) is 5. The first-order valence-electron chi connectivity index (χ1n) is 13.5. The molecule has 3 saturated heterocycles. The van der Waals surface area contributed by atoms with Gasteiger partial charge in [-0.25, -0.2) is 14.6 Å². The number of aromatic nitrogens is 1. The van der Waals surface area contributed by atoms with Crippen molar-refractivity contribution in [1.29, 1.82) is 0 Å². The Labute approximate surface area is 240 Å². The molecule has 1 N–H and O–H groups in total. The number of halogens is 1. The smallest absolute Gasteiger partial charge is 0.333 e. The maximum Gasteiger partial charge on any atom is 0.333 e. The summed E-state index contributed by atoms with van der Waals surface area (Å²) in [7, 11) is 0. The van der Waals surface area contributed by atoms with Crippen molar-refractivity contribution in [2.45, 2.75) is 31.5 Å².